The van der Waals surface area contributed by atoms with E-state index in [1.165, 1.54) is 21.3 Å². The fourth-order valence-electron chi connectivity index (χ4n) is 3.10. The van der Waals surface area contributed by atoms with Crippen LogP contribution in [0.1, 0.15) is 40.9 Å². The minimum atomic E-state index is -3.66. The molecule has 2 aromatic rings. The van der Waals surface area contributed by atoms with Gasteiger partial charge in [0.05, 0.1) is 4.90 Å². The monoisotopic (exact) mass is 395 g/mol. The number of halogens is 1. The van der Waals surface area contributed by atoms with Gasteiger partial charge >= 0.3 is 0 Å². The van der Waals surface area contributed by atoms with E-state index in [9.17, 15) is 17.6 Å². The summed E-state index contributed by atoms with van der Waals surface area (Å²) < 4.78 is 45.5. The van der Waals surface area contributed by atoms with Crippen LogP contribution in [-0.2, 0) is 10.0 Å². The normalized spacial score (nSPS) is 16.4. The van der Waals surface area contributed by atoms with E-state index < -0.39 is 15.8 Å². The molecule has 7 nitrogen and oxygen atoms in total. The molecule has 0 aliphatic carbocycles. The summed E-state index contributed by atoms with van der Waals surface area (Å²) in [5, 5.41) is 0. The number of sulfonamides is 1. The van der Waals surface area contributed by atoms with Crippen LogP contribution in [0.25, 0.3) is 0 Å². The maximum absolute atomic E-state index is 13.0. The van der Waals surface area contributed by atoms with Gasteiger partial charge in [-0.15, -0.1) is 0 Å². The molecule has 0 unspecified atom stereocenters. The minimum absolute atomic E-state index is 0.0490. The highest BCUT2D eigenvalue weighted by Gasteiger charge is 2.32. The molecule has 27 heavy (non-hydrogen) atoms. The Morgan fingerprint density at radius 1 is 1.22 bits per heavy atom. The number of aryl methyl sites for hydroxylation is 1. The summed E-state index contributed by atoms with van der Waals surface area (Å²) in [7, 11) is -0.362. The zero-order valence-corrected chi connectivity index (χ0v) is 16.3. The largest absolute Gasteiger partial charge is 0.445 e. The predicted molar refractivity (Wildman–Crippen MR) is 96.4 cm³/mol. The van der Waals surface area contributed by atoms with Crippen molar-refractivity contribution >= 4 is 15.9 Å². The maximum atomic E-state index is 13.0. The lowest BCUT2D eigenvalue weighted by atomic mass is 9.98. The predicted octanol–water partition coefficient (Wildman–Crippen LogP) is 2.39. The standard InChI is InChI=1S/C18H22FN3O4S/c1-12-16(18(23)21(2)3)20-17(26-12)13-8-10-22(11-9-13)27(24,25)15-6-4-14(19)5-7-15/h4-7,13H,8-11H2,1-3H3. The molecule has 1 saturated heterocycles. The zero-order chi connectivity index (χ0) is 19.8. The van der Waals surface area contributed by atoms with E-state index in [4.69, 9.17) is 4.42 Å². The van der Waals surface area contributed by atoms with E-state index in [-0.39, 0.29) is 22.4 Å². The Bertz CT molecular complexity index is 930. The average molecular weight is 395 g/mol. The number of hydrogen-bond donors (Lipinski definition) is 0. The lowest BCUT2D eigenvalue weighted by Gasteiger charge is -2.29. The topological polar surface area (TPSA) is 83.7 Å². The van der Waals surface area contributed by atoms with Crippen LogP contribution in [0, 0.1) is 12.7 Å². The molecule has 1 aromatic carbocycles. The zero-order valence-electron chi connectivity index (χ0n) is 15.5. The number of aromatic nitrogens is 1. The van der Waals surface area contributed by atoms with Crippen molar-refractivity contribution in [3.05, 3.63) is 47.4 Å². The molecular weight excluding hydrogens is 373 g/mol. The van der Waals surface area contributed by atoms with E-state index in [0.717, 1.165) is 12.1 Å². The van der Waals surface area contributed by atoms with Crippen molar-refractivity contribution in [1.82, 2.24) is 14.2 Å². The van der Waals surface area contributed by atoms with E-state index >= 15 is 0 Å². The summed E-state index contributed by atoms with van der Waals surface area (Å²) >= 11 is 0. The number of benzene rings is 1. The van der Waals surface area contributed by atoms with Crippen molar-refractivity contribution in [3.63, 3.8) is 0 Å². The summed E-state index contributed by atoms with van der Waals surface area (Å²) in [5.41, 5.74) is 0.288. The van der Waals surface area contributed by atoms with Gasteiger partial charge in [0.15, 0.2) is 11.6 Å². The number of carbonyl (C=O) groups is 1. The minimum Gasteiger partial charge on any atom is -0.445 e. The summed E-state index contributed by atoms with van der Waals surface area (Å²) in [5.74, 6) is 0.183. The van der Waals surface area contributed by atoms with Crippen LogP contribution in [0.3, 0.4) is 0 Å². The second-order valence-corrected chi connectivity index (χ2v) is 8.73. The van der Waals surface area contributed by atoms with Gasteiger partial charge in [-0.1, -0.05) is 0 Å². The Morgan fingerprint density at radius 3 is 2.37 bits per heavy atom. The third-order valence-electron chi connectivity index (χ3n) is 4.68. The van der Waals surface area contributed by atoms with E-state index in [0.29, 0.717) is 37.6 Å². The smallest absolute Gasteiger partial charge is 0.275 e. The Hall–Kier alpha value is -2.26. The Balaban J connectivity index is 1.71. The molecular formula is C18H22FN3O4S. The molecule has 0 atom stereocenters. The first-order chi connectivity index (χ1) is 12.7. The maximum Gasteiger partial charge on any atom is 0.275 e. The first-order valence-electron chi connectivity index (χ1n) is 8.65. The SMILES string of the molecule is Cc1oc(C2CCN(S(=O)(=O)c3ccc(F)cc3)CC2)nc1C(=O)N(C)C. The van der Waals surface area contributed by atoms with Crippen molar-refractivity contribution in [2.24, 2.45) is 0 Å². The van der Waals surface area contributed by atoms with Gasteiger partial charge in [0.2, 0.25) is 10.0 Å². The summed E-state index contributed by atoms with van der Waals surface area (Å²) in [6, 6.07) is 4.82. The number of rotatable bonds is 4. The Morgan fingerprint density at radius 2 is 1.81 bits per heavy atom. The van der Waals surface area contributed by atoms with Gasteiger partial charge in [-0.25, -0.2) is 17.8 Å². The third kappa shape index (κ3) is 3.89. The second kappa shape index (κ2) is 7.40. The molecule has 1 amide bonds. The first kappa shape index (κ1) is 19.5. The highest BCUT2D eigenvalue weighted by molar-refractivity contribution is 7.89. The average Bonchev–Trinajstić information content (AvgIpc) is 3.03. The molecule has 0 bridgehead atoms. The molecule has 1 aliphatic heterocycles. The summed E-state index contributed by atoms with van der Waals surface area (Å²) in [4.78, 5) is 18.0. The number of amides is 1. The molecule has 1 aromatic heterocycles. The number of carbonyl (C=O) groups excluding carboxylic acids is 1. The highest BCUT2D eigenvalue weighted by Crippen LogP contribution is 2.31. The van der Waals surface area contributed by atoms with Crippen molar-refractivity contribution in [1.29, 1.82) is 0 Å². The van der Waals surface area contributed by atoms with Gasteiger partial charge in [0.25, 0.3) is 5.91 Å². The van der Waals surface area contributed by atoms with E-state index in [1.54, 1.807) is 21.0 Å². The molecule has 1 fully saturated rings. The Labute approximate surface area is 157 Å². The van der Waals surface area contributed by atoms with Crippen LogP contribution in [0.5, 0.6) is 0 Å². The summed E-state index contributed by atoms with van der Waals surface area (Å²) in [6.45, 7) is 2.31. The molecule has 0 N–H and O–H groups in total. The van der Waals surface area contributed by atoms with E-state index in [1.807, 2.05) is 0 Å². The van der Waals surface area contributed by atoms with Gasteiger partial charge in [-0.3, -0.25) is 4.79 Å². The van der Waals surface area contributed by atoms with Gasteiger partial charge < -0.3 is 9.32 Å². The molecule has 0 spiro atoms. The lowest BCUT2D eigenvalue weighted by Crippen LogP contribution is -2.38. The quantitative estimate of drug-likeness (QED) is 0.794. The van der Waals surface area contributed by atoms with Crippen LogP contribution in [-0.4, -0.2) is 55.7 Å². The molecule has 2 heterocycles. The molecule has 0 saturated carbocycles. The molecule has 1 aliphatic rings. The molecule has 146 valence electrons. The van der Waals surface area contributed by atoms with Crippen LogP contribution in [0.4, 0.5) is 4.39 Å². The number of piperidine rings is 1. The number of hydrogen-bond acceptors (Lipinski definition) is 5. The lowest BCUT2D eigenvalue weighted by molar-refractivity contribution is 0.0821. The van der Waals surface area contributed by atoms with Gasteiger partial charge in [-0.2, -0.15) is 4.31 Å². The number of oxazole rings is 1. The third-order valence-corrected chi connectivity index (χ3v) is 6.59. The Kier molecular flexibility index (Phi) is 5.34. The van der Waals surface area contributed by atoms with Crippen LogP contribution >= 0.6 is 0 Å². The molecule has 3 rings (SSSR count). The summed E-state index contributed by atoms with van der Waals surface area (Å²) in [6.07, 6.45) is 1.08. The fourth-order valence-corrected chi connectivity index (χ4v) is 4.57. The highest BCUT2D eigenvalue weighted by atomic mass is 32.2. The second-order valence-electron chi connectivity index (χ2n) is 6.79. The molecule has 9 heteroatoms. The van der Waals surface area contributed by atoms with Crippen molar-refractivity contribution in [2.75, 3.05) is 27.2 Å². The number of nitrogens with zero attached hydrogens (tertiary/aromatic N) is 3. The molecule has 0 radical (unpaired) electrons. The van der Waals surface area contributed by atoms with Gasteiger partial charge in [-0.05, 0) is 44.0 Å². The van der Waals surface area contributed by atoms with Crippen LogP contribution in [0.15, 0.2) is 33.6 Å². The van der Waals surface area contributed by atoms with Gasteiger partial charge in [0.1, 0.15) is 11.6 Å². The first-order valence-corrected chi connectivity index (χ1v) is 10.1. The van der Waals surface area contributed by atoms with Crippen molar-refractivity contribution < 1.29 is 22.0 Å². The van der Waals surface area contributed by atoms with E-state index in [2.05, 4.69) is 4.98 Å². The van der Waals surface area contributed by atoms with Crippen LogP contribution in [0.2, 0.25) is 0 Å². The van der Waals surface area contributed by atoms with Gasteiger partial charge in [0, 0.05) is 33.1 Å². The fraction of sp³-hybridized carbons (Fsp3) is 0.444. The van der Waals surface area contributed by atoms with Crippen molar-refractivity contribution in [3.8, 4) is 0 Å². The van der Waals surface area contributed by atoms with Crippen LogP contribution < -0.4 is 0 Å². The van der Waals surface area contributed by atoms with Crippen molar-refractivity contribution in [2.45, 2.75) is 30.6 Å².